The number of likely N-dealkylation sites (N-methyl/N-ethyl adjacent to an activating group) is 1. The lowest BCUT2D eigenvalue weighted by molar-refractivity contribution is 0.170. The Bertz CT molecular complexity index is 369. The molecule has 2 unspecified atom stereocenters. The van der Waals surface area contributed by atoms with Crippen molar-refractivity contribution in [1.82, 2.24) is 5.32 Å². The molecule has 0 aliphatic carbocycles. The minimum absolute atomic E-state index is 0.182. The van der Waals surface area contributed by atoms with E-state index >= 15 is 0 Å². The largest absolute Gasteiger partial charge is 0.489 e. The Morgan fingerprint density at radius 2 is 1.89 bits per heavy atom. The Kier molecular flexibility index (Phi) is 5.67. The van der Waals surface area contributed by atoms with Gasteiger partial charge in [0.05, 0.1) is 0 Å². The molecule has 0 aromatic heterocycles. The number of nitrogens with one attached hydrogen (secondary N) is 1. The summed E-state index contributed by atoms with van der Waals surface area (Å²) in [6, 6.07) is 6.91. The molecule has 2 atom stereocenters. The first-order valence-corrected chi connectivity index (χ1v) is 6.94. The number of aryl methyl sites for hydroxylation is 1. The average Bonchev–Trinajstić information content (AvgIpc) is 2.33. The summed E-state index contributed by atoms with van der Waals surface area (Å²) in [5, 5.41) is 3.30. The molecule has 0 aliphatic heterocycles. The topological polar surface area (TPSA) is 21.3 Å². The van der Waals surface area contributed by atoms with Gasteiger partial charge in [0.25, 0.3) is 0 Å². The highest BCUT2D eigenvalue weighted by Gasteiger charge is 2.16. The van der Waals surface area contributed by atoms with Gasteiger partial charge in [-0.2, -0.15) is 0 Å². The molecule has 1 rings (SSSR count). The van der Waals surface area contributed by atoms with Crippen LogP contribution in [-0.4, -0.2) is 19.2 Å². The smallest absolute Gasteiger partial charge is 0.122 e. The zero-order valence-corrected chi connectivity index (χ0v) is 12.6. The van der Waals surface area contributed by atoms with Crippen LogP contribution < -0.4 is 10.1 Å². The molecule has 1 N–H and O–H groups in total. The minimum atomic E-state index is 0.182. The predicted molar refractivity (Wildman–Crippen MR) is 78.5 cm³/mol. The molecule has 0 saturated carbocycles. The van der Waals surface area contributed by atoms with Gasteiger partial charge in [0.15, 0.2) is 0 Å². The maximum atomic E-state index is 6.12. The highest BCUT2D eigenvalue weighted by Crippen LogP contribution is 2.25. The molecule has 2 heteroatoms. The van der Waals surface area contributed by atoms with Gasteiger partial charge in [-0.3, -0.25) is 0 Å². The fourth-order valence-electron chi connectivity index (χ4n) is 2.16. The molecule has 0 spiro atoms. The lowest BCUT2D eigenvalue weighted by Gasteiger charge is -2.24. The van der Waals surface area contributed by atoms with Crippen LogP contribution in [0.4, 0.5) is 0 Å². The SMILES string of the molecule is CCC(NC)C(C)Oc1cc(C(C)C)ccc1C. The summed E-state index contributed by atoms with van der Waals surface area (Å²) in [6.45, 7) is 10.8. The maximum absolute atomic E-state index is 6.12. The van der Waals surface area contributed by atoms with Crippen molar-refractivity contribution in [3.05, 3.63) is 29.3 Å². The van der Waals surface area contributed by atoms with E-state index in [1.54, 1.807) is 0 Å². The molecule has 1 aromatic carbocycles. The molecule has 0 radical (unpaired) electrons. The number of hydrogen-bond acceptors (Lipinski definition) is 2. The van der Waals surface area contributed by atoms with E-state index in [0.717, 1.165) is 12.2 Å². The third-order valence-electron chi connectivity index (χ3n) is 3.57. The fourth-order valence-corrected chi connectivity index (χ4v) is 2.16. The van der Waals surface area contributed by atoms with E-state index in [-0.39, 0.29) is 6.10 Å². The molecule has 0 bridgehead atoms. The van der Waals surface area contributed by atoms with Crippen molar-refractivity contribution < 1.29 is 4.74 Å². The molecule has 0 saturated heterocycles. The molecule has 102 valence electrons. The van der Waals surface area contributed by atoms with Crippen LogP contribution in [0.3, 0.4) is 0 Å². The first kappa shape index (κ1) is 15.0. The number of benzene rings is 1. The van der Waals surface area contributed by atoms with Gasteiger partial charge in [-0.05, 0) is 50.4 Å². The van der Waals surface area contributed by atoms with Crippen LogP contribution in [0, 0.1) is 6.92 Å². The van der Waals surface area contributed by atoms with E-state index in [1.165, 1.54) is 11.1 Å². The lowest BCUT2D eigenvalue weighted by atomic mass is 10.0. The van der Waals surface area contributed by atoms with Gasteiger partial charge in [-0.15, -0.1) is 0 Å². The number of rotatable bonds is 6. The van der Waals surface area contributed by atoms with Gasteiger partial charge in [0, 0.05) is 6.04 Å². The summed E-state index contributed by atoms with van der Waals surface area (Å²) in [7, 11) is 1.99. The van der Waals surface area contributed by atoms with Gasteiger partial charge in [0.1, 0.15) is 11.9 Å². The van der Waals surface area contributed by atoms with Crippen LogP contribution >= 0.6 is 0 Å². The molecule has 0 amide bonds. The first-order chi connectivity index (χ1) is 8.49. The minimum Gasteiger partial charge on any atom is -0.489 e. The molecule has 0 aliphatic rings. The third kappa shape index (κ3) is 3.74. The Morgan fingerprint density at radius 1 is 1.22 bits per heavy atom. The molecular weight excluding hydrogens is 222 g/mol. The second-order valence-electron chi connectivity index (χ2n) is 5.31. The van der Waals surface area contributed by atoms with Gasteiger partial charge in [-0.25, -0.2) is 0 Å². The fraction of sp³-hybridized carbons (Fsp3) is 0.625. The van der Waals surface area contributed by atoms with Crippen LogP contribution in [0.5, 0.6) is 5.75 Å². The van der Waals surface area contributed by atoms with Crippen LogP contribution in [0.15, 0.2) is 18.2 Å². The quantitative estimate of drug-likeness (QED) is 0.826. The van der Waals surface area contributed by atoms with E-state index in [0.29, 0.717) is 12.0 Å². The van der Waals surface area contributed by atoms with Crippen molar-refractivity contribution >= 4 is 0 Å². The molecule has 18 heavy (non-hydrogen) atoms. The highest BCUT2D eigenvalue weighted by molar-refractivity contribution is 5.38. The monoisotopic (exact) mass is 249 g/mol. The maximum Gasteiger partial charge on any atom is 0.122 e. The van der Waals surface area contributed by atoms with E-state index in [1.807, 2.05) is 7.05 Å². The summed E-state index contributed by atoms with van der Waals surface area (Å²) >= 11 is 0. The van der Waals surface area contributed by atoms with E-state index < -0.39 is 0 Å². The van der Waals surface area contributed by atoms with Gasteiger partial charge < -0.3 is 10.1 Å². The second-order valence-corrected chi connectivity index (χ2v) is 5.31. The molecule has 2 nitrogen and oxygen atoms in total. The second kappa shape index (κ2) is 6.79. The van der Waals surface area contributed by atoms with Crippen LogP contribution in [0.1, 0.15) is 51.2 Å². The molecular formula is C16H27NO. The molecule has 0 fully saturated rings. The van der Waals surface area contributed by atoms with E-state index in [4.69, 9.17) is 4.74 Å². The first-order valence-electron chi connectivity index (χ1n) is 6.94. The van der Waals surface area contributed by atoms with Gasteiger partial charge in [-0.1, -0.05) is 32.9 Å². The van der Waals surface area contributed by atoms with Crippen LogP contribution in [-0.2, 0) is 0 Å². The van der Waals surface area contributed by atoms with Gasteiger partial charge in [0.2, 0.25) is 0 Å². The van der Waals surface area contributed by atoms with E-state index in [9.17, 15) is 0 Å². The summed E-state index contributed by atoms with van der Waals surface area (Å²) in [5.74, 6) is 1.55. The zero-order valence-electron chi connectivity index (χ0n) is 12.6. The highest BCUT2D eigenvalue weighted by atomic mass is 16.5. The van der Waals surface area contributed by atoms with Crippen molar-refractivity contribution in [3.63, 3.8) is 0 Å². The zero-order chi connectivity index (χ0) is 13.7. The lowest BCUT2D eigenvalue weighted by Crippen LogP contribution is -2.38. The Labute approximate surface area is 112 Å². The normalized spacial score (nSPS) is 14.6. The van der Waals surface area contributed by atoms with Crippen molar-refractivity contribution in [2.24, 2.45) is 0 Å². The van der Waals surface area contributed by atoms with Crippen molar-refractivity contribution in [2.75, 3.05) is 7.05 Å². The van der Waals surface area contributed by atoms with Crippen molar-refractivity contribution in [1.29, 1.82) is 0 Å². The standard InChI is InChI=1S/C16H27NO/c1-7-15(17-6)13(5)18-16-10-14(11(2)3)9-8-12(16)4/h8-11,13,15,17H,7H2,1-6H3. The summed E-state index contributed by atoms with van der Waals surface area (Å²) in [4.78, 5) is 0. The third-order valence-corrected chi connectivity index (χ3v) is 3.57. The van der Waals surface area contributed by atoms with Crippen LogP contribution in [0.2, 0.25) is 0 Å². The average molecular weight is 249 g/mol. The van der Waals surface area contributed by atoms with Gasteiger partial charge >= 0.3 is 0 Å². The summed E-state index contributed by atoms with van der Waals surface area (Å²) in [6.07, 6.45) is 1.25. The Balaban J connectivity index is 2.86. The summed E-state index contributed by atoms with van der Waals surface area (Å²) in [5.41, 5.74) is 2.54. The molecule has 1 aromatic rings. The Hall–Kier alpha value is -1.02. The number of ether oxygens (including phenoxy) is 1. The van der Waals surface area contributed by atoms with Crippen molar-refractivity contribution in [2.45, 2.75) is 59.1 Å². The van der Waals surface area contributed by atoms with E-state index in [2.05, 4.69) is 58.1 Å². The van der Waals surface area contributed by atoms with Crippen LogP contribution in [0.25, 0.3) is 0 Å². The Morgan fingerprint density at radius 3 is 2.39 bits per heavy atom. The molecule has 0 heterocycles. The van der Waals surface area contributed by atoms with Crippen molar-refractivity contribution in [3.8, 4) is 5.75 Å². The number of hydrogen-bond donors (Lipinski definition) is 1. The summed E-state index contributed by atoms with van der Waals surface area (Å²) < 4.78 is 6.12. The predicted octanol–water partition coefficient (Wildman–Crippen LogP) is 3.88.